The Kier molecular flexibility index (Phi) is 4.84. The summed E-state index contributed by atoms with van der Waals surface area (Å²) < 4.78 is 0. The van der Waals surface area contributed by atoms with Gasteiger partial charge >= 0.3 is 0 Å². The molecular weight excluding hydrogens is 323 g/mol. The monoisotopic (exact) mass is 338 g/mol. The summed E-state index contributed by atoms with van der Waals surface area (Å²) in [4.78, 5) is 8.34. The van der Waals surface area contributed by atoms with Crippen molar-refractivity contribution in [3.05, 3.63) is 52.2 Å². The molecule has 2 aromatic rings. The Bertz CT molecular complexity index is 625. The van der Waals surface area contributed by atoms with Gasteiger partial charge in [0.2, 0.25) is 0 Å². The third-order valence-corrected chi connectivity index (χ3v) is 5.03. The van der Waals surface area contributed by atoms with Crippen LogP contribution in [-0.4, -0.2) is 36.6 Å². The maximum atomic E-state index is 6.17. The molecule has 2 nitrogen and oxygen atoms in total. The summed E-state index contributed by atoms with van der Waals surface area (Å²) in [6.45, 7) is 1.48. The quantitative estimate of drug-likeness (QED) is 0.761. The van der Waals surface area contributed by atoms with Gasteiger partial charge in [0.1, 0.15) is 0 Å². The Morgan fingerprint density at radius 2 is 2.05 bits per heavy atom. The number of hydrogen-bond acceptors (Lipinski definition) is 3. The molecule has 21 heavy (non-hydrogen) atoms. The van der Waals surface area contributed by atoms with Gasteiger partial charge in [-0.1, -0.05) is 24.3 Å². The lowest BCUT2D eigenvalue weighted by Gasteiger charge is -2.30. The predicted molar refractivity (Wildman–Crippen MR) is 93.8 cm³/mol. The number of fused-ring (bicyclic) bond motifs is 1. The van der Waals surface area contributed by atoms with Gasteiger partial charge in [0.05, 0.1) is 23.2 Å². The van der Waals surface area contributed by atoms with E-state index in [0.717, 1.165) is 17.8 Å². The Morgan fingerprint density at radius 3 is 2.76 bits per heavy atom. The summed E-state index contributed by atoms with van der Waals surface area (Å²) in [6.07, 6.45) is 0. The van der Waals surface area contributed by atoms with E-state index in [0.29, 0.717) is 18.3 Å². The van der Waals surface area contributed by atoms with E-state index in [4.69, 9.17) is 28.2 Å². The van der Waals surface area contributed by atoms with Gasteiger partial charge in [-0.15, -0.1) is 34.5 Å². The molecule has 0 saturated carbocycles. The Labute approximate surface area is 139 Å². The molecule has 3 rings (SSSR count). The number of benzodiazepines with no additional fused rings is 1. The first-order chi connectivity index (χ1) is 10.3. The van der Waals surface area contributed by atoms with Gasteiger partial charge in [0.15, 0.2) is 0 Å². The second-order valence-electron chi connectivity index (χ2n) is 4.87. The van der Waals surface area contributed by atoms with Gasteiger partial charge in [-0.3, -0.25) is 4.99 Å². The topological polar surface area (TPSA) is 15.6 Å². The highest BCUT2D eigenvalue weighted by Gasteiger charge is 2.25. The third kappa shape index (κ3) is 2.96. The molecule has 5 heteroatoms. The summed E-state index contributed by atoms with van der Waals surface area (Å²) in [5.41, 5.74) is 3.40. The molecule has 1 aromatic carbocycles. The molecule has 1 aromatic heterocycles. The van der Waals surface area contributed by atoms with Crippen molar-refractivity contribution in [1.29, 1.82) is 0 Å². The number of aliphatic imine (C=N–C) groups is 1. The molecular formula is C16H16Cl2N2S. The minimum absolute atomic E-state index is 0.184. The number of para-hydroxylation sites is 1. The van der Waals surface area contributed by atoms with E-state index in [-0.39, 0.29) is 6.04 Å². The number of alkyl halides is 2. The SMILES string of the molecule is ClCCN1c2ccccc2C(c2cccs2)=NCC1CCl. The van der Waals surface area contributed by atoms with Crippen LogP contribution >= 0.6 is 34.5 Å². The van der Waals surface area contributed by atoms with Gasteiger partial charge in [0.25, 0.3) is 0 Å². The van der Waals surface area contributed by atoms with E-state index in [1.54, 1.807) is 11.3 Å². The number of thiophene rings is 1. The number of hydrogen-bond donors (Lipinski definition) is 0. The Balaban J connectivity index is 2.12. The molecule has 1 aliphatic heterocycles. The first kappa shape index (κ1) is 14.9. The molecule has 2 heterocycles. The highest BCUT2D eigenvalue weighted by Crippen LogP contribution is 2.30. The lowest BCUT2D eigenvalue weighted by Crippen LogP contribution is -2.40. The number of nitrogens with zero attached hydrogens (tertiary/aromatic N) is 2. The summed E-state index contributed by atoms with van der Waals surface area (Å²) in [7, 11) is 0. The van der Waals surface area contributed by atoms with Gasteiger partial charge in [-0.25, -0.2) is 0 Å². The largest absolute Gasteiger partial charge is 0.364 e. The van der Waals surface area contributed by atoms with Crippen molar-refractivity contribution in [3.8, 4) is 0 Å². The second-order valence-corrected chi connectivity index (χ2v) is 6.51. The highest BCUT2D eigenvalue weighted by molar-refractivity contribution is 7.12. The van der Waals surface area contributed by atoms with Crippen molar-refractivity contribution in [2.75, 3.05) is 29.7 Å². The molecule has 1 atom stereocenters. The van der Waals surface area contributed by atoms with Gasteiger partial charge < -0.3 is 4.90 Å². The van der Waals surface area contributed by atoms with E-state index in [9.17, 15) is 0 Å². The molecule has 0 radical (unpaired) electrons. The summed E-state index contributed by atoms with van der Waals surface area (Å²) >= 11 is 13.9. The van der Waals surface area contributed by atoms with Crippen molar-refractivity contribution in [3.63, 3.8) is 0 Å². The van der Waals surface area contributed by atoms with Crippen molar-refractivity contribution in [1.82, 2.24) is 0 Å². The van der Waals surface area contributed by atoms with Crippen LogP contribution in [0.5, 0.6) is 0 Å². The standard InChI is InChI=1S/C16H16Cl2N2S/c17-7-8-20-12(10-18)11-19-16(15-6-3-9-21-15)13-4-1-2-5-14(13)20/h1-6,9,12H,7-8,10-11H2. The van der Waals surface area contributed by atoms with Crippen molar-refractivity contribution in [2.24, 2.45) is 4.99 Å². The number of benzene rings is 1. The summed E-state index contributed by atoms with van der Waals surface area (Å²) in [5, 5.41) is 2.08. The van der Waals surface area contributed by atoms with Crippen molar-refractivity contribution in [2.45, 2.75) is 6.04 Å². The summed E-state index contributed by atoms with van der Waals surface area (Å²) in [6, 6.07) is 12.7. The molecule has 0 fully saturated rings. The van der Waals surface area contributed by atoms with Gasteiger partial charge in [-0.05, 0) is 17.5 Å². The Hall–Kier alpha value is -1.03. The summed E-state index contributed by atoms with van der Waals surface area (Å²) in [5.74, 6) is 1.13. The van der Waals surface area contributed by atoms with Crippen LogP contribution in [0.4, 0.5) is 5.69 Å². The lowest BCUT2D eigenvalue weighted by atomic mass is 10.1. The third-order valence-electron chi connectivity index (χ3n) is 3.63. The van der Waals surface area contributed by atoms with Crippen LogP contribution in [-0.2, 0) is 0 Å². The lowest BCUT2D eigenvalue weighted by molar-refractivity contribution is 0.670. The zero-order valence-electron chi connectivity index (χ0n) is 11.5. The van der Waals surface area contributed by atoms with Crippen LogP contribution in [0.15, 0.2) is 46.8 Å². The average Bonchev–Trinajstić information content (AvgIpc) is 2.99. The van der Waals surface area contributed by atoms with E-state index in [1.807, 2.05) is 0 Å². The van der Waals surface area contributed by atoms with Crippen LogP contribution in [0.3, 0.4) is 0 Å². The van der Waals surface area contributed by atoms with Crippen LogP contribution < -0.4 is 4.90 Å². The van der Waals surface area contributed by atoms with Gasteiger partial charge in [-0.2, -0.15) is 0 Å². The average molecular weight is 339 g/mol. The predicted octanol–water partition coefficient (Wildman–Crippen LogP) is 4.25. The van der Waals surface area contributed by atoms with Gasteiger partial charge in [0, 0.05) is 29.6 Å². The van der Waals surface area contributed by atoms with Crippen LogP contribution in [0, 0.1) is 0 Å². The highest BCUT2D eigenvalue weighted by atomic mass is 35.5. The van der Waals surface area contributed by atoms with Crippen molar-refractivity contribution < 1.29 is 0 Å². The fourth-order valence-corrected chi connectivity index (χ4v) is 3.84. The molecule has 0 aliphatic carbocycles. The minimum atomic E-state index is 0.184. The smallest absolute Gasteiger partial charge is 0.0840 e. The number of rotatable bonds is 4. The van der Waals surface area contributed by atoms with E-state index < -0.39 is 0 Å². The maximum absolute atomic E-state index is 6.17. The molecule has 0 saturated heterocycles. The number of anilines is 1. The van der Waals surface area contributed by atoms with Crippen LogP contribution in [0.1, 0.15) is 10.4 Å². The molecule has 1 unspecified atom stereocenters. The maximum Gasteiger partial charge on any atom is 0.0840 e. The number of halogens is 2. The fraction of sp³-hybridized carbons (Fsp3) is 0.312. The molecule has 0 bridgehead atoms. The first-order valence-corrected chi connectivity index (χ1v) is 8.86. The molecule has 0 N–H and O–H groups in total. The molecule has 1 aliphatic rings. The van der Waals surface area contributed by atoms with Crippen molar-refractivity contribution >= 4 is 45.9 Å². The second kappa shape index (κ2) is 6.82. The molecule has 0 amide bonds. The first-order valence-electron chi connectivity index (χ1n) is 6.91. The van der Waals surface area contributed by atoms with E-state index in [1.165, 1.54) is 10.6 Å². The zero-order valence-corrected chi connectivity index (χ0v) is 13.8. The normalized spacial score (nSPS) is 18.1. The minimum Gasteiger partial charge on any atom is -0.364 e. The van der Waals surface area contributed by atoms with E-state index in [2.05, 4.69) is 46.7 Å². The van der Waals surface area contributed by atoms with Crippen LogP contribution in [0.25, 0.3) is 0 Å². The Morgan fingerprint density at radius 1 is 1.19 bits per heavy atom. The zero-order chi connectivity index (χ0) is 14.7. The molecule has 110 valence electrons. The fourth-order valence-electron chi connectivity index (χ4n) is 2.65. The van der Waals surface area contributed by atoms with Crippen LogP contribution in [0.2, 0.25) is 0 Å². The van der Waals surface area contributed by atoms with E-state index >= 15 is 0 Å². The molecule has 0 spiro atoms.